The molecule has 3 rings (SSSR count). The number of benzene rings is 2. The van der Waals surface area contributed by atoms with E-state index in [1.165, 1.54) is 37.5 Å². The largest absolute Gasteiger partial charge is 0.466 e. The molecule has 2 aromatic carbocycles. The minimum absolute atomic E-state index is 0.0289. The van der Waals surface area contributed by atoms with Gasteiger partial charge in [0.25, 0.3) is 5.69 Å². The molecule has 0 aliphatic carbocycles. The van der Waals surface area contributed by atoms with Crippen LogP contribution >= 0.6 is 23.2 Å². The number of para-hydroxylation sites is 1. The zero-order valence-electron chi connectivity index (χ0n) is 16.6. The smallest absolute Gasteiger partial charge is 0.337 e. The van der Waals surface area contributed by atoms with Crippen LogP contribution in [0.4, 0.5) is 11.4 Å². The monoisotopic (exact) mass is 464 g/mol. The van der Waals surface area contributed by atoms with Gasteiger partial charge in [-0.3, -0.25) is 10.1 Å². The third kappa shape index (κ3) is 3.96. The zero-order chi connectivity index (χ0) is 22.8. The van der Waals surface area contributed by atoms with Gasteiger partial charge in [-0.05, 0) is 25.1 Å². The van der Waals surface area contributed by atoms with Gasteiger partial charge < -0.3 is 14.8 Å². The lowest BCUT2D eigenvalue weighted by molar-refractivity contribution is -0.386. The summed E-state index contributed by atoms with van der Waals surface area (Å²) in [5.74, 6) is -2.38. The number of hydrogen-bond donors (Lipinski definition) is 1. The van der Waals surface area contributed by atoms with Crippen LogP contribution in [0, 0.1) is 10.1 Å². The molecule has 2 aromatic rings. The van der Waals surface area contributed by atoms with Crippen molar-refractivity contribution in [3.05, 3.63) is 79.8 Å². The maximum absolute atomic E-state index is 13.4. The number of anilines is 1. The first kappa shape index (κ1) is 22.6. The van der Waals surface area contributed by atoms with Crippen molar-refractivity contribution in [2.75, 3.05) is 19.0 Å². The van der Waals surface area contributed by atoms with E-state index in [4.69, 9.17) is 27.9 Å². The van der Waals surface area contributed by atoms with Gasteiger partial charge in [-0.15, -0.1) is 0 Å². The lowest BCUT2D eigenvalue weighted by atomic mass is 9.76. The van der Waals surface area contributed by atoms with E-state index in [0.29, 0.717) is 16.3 Å². The van der Waals surface area contributed by atoms with Crippen LogP contribution in [0.2, 0.25) is 10.0 Å². The van der Waals surface area contributed by atoms with Gasteiger partial charge in [0.1, 0.15) is 0 Å². The van der Waals surface area contributed by atoms with Crippen molar-refractivity contribution < 1.29 is 24.0 Å². The van der Waals surface area contributed by atoms with E-state index >= 15 is 0 Å². The number of hydrogen-bond acceptors (Lipinski definition) is 7. The number of nitrogens with one attached hydrogen (secondary N) is 1. The molecule has 0 saturated heterocycles. The maximum Gasteiger partial charge on any atom is 0.337 e. The Morgan fingerprint density at radius 2 is 2.00 bits per heavy atom. The Kier molecular flexibility index (Phi) is 6.52. The van der Waals surface area contributed by atoms with Crippen LogP contribution in [0.15, 0.2) is 48.6 Å². The third-order valence-corrected chi connectivity index (χ3v) is 5.48. The zero-order valence-corrected chi connectivity index (χ0v) is 18.1. The van der Waals surface area contributed by atoms with Crippen LogP contribution in [0.5, 0.6) is 0 Å². The van der Waals surface area contributed by atoms with Crippen LogP contribution in [0.25, 0.3) is 0 Å². The van der Waals surface area contributed by atoms with E-state index < -0.39 is 28.3 Å². The van der Waals surface area contributed by atoms with Gasteiger partial charge in [-0.2, -0.15) is 0 Å². The highest BCUT2D eigenvalue weighted by atomic mass is 35.5. The number of nitro groups is 1. The fourth-order valence-corrected chi connectivity index (χ4v) is 4.34. The molecule has 0 fully saturated rings. The number of esters is 2. The number of halogens is 2. The second-order valence-electron chi connectivity index (χ2n) is 6.64. The third-order valence-electron chi connectivity index (χ3n) is 4.95. The number of nitrogens with zero attached hydrogens (tertiary/aromatic N) is 1. The predicted octanol–water partition coefficient (Wildman–Crippen LogP) is 4.60. The van der Waals surface area contributed by atoms with Gasteiger partial charge in [-0.1, -0.05) is 41.4 Å². The second kappa shape index (κ2) is 8.95. The van der Waals surface area contributed by atoms with E-state index in [1.807, 2.05) is 0 Å². The lowest BCUT2D eigenvalue weighted by Crippen LogP contribution is -2.46. The fraction of sp³-hybridized carbons (Fsp3) is 0.238. The van der Waals surface area contributed by atoms with Crippen LogP contribution in [0.1, 0.15) is 24.0 Å². The highest BCUT2D eigenvalue weighted by molar-refractivity contribution is 6.36. The molecule has 8 nitrogen and oxygen atoms in total. The Labute approximate surface area is 187 Å². The molecule has 0 saturated carbocycles. The first-order valence-corrected chi connectivity index (χ1v) is 9.96. The van der Waals surface area contributed by atoms with E-state index in [1.54, 1.807) is 19.1 Å². The van der Waals surface area contributed by atoms with Gasteiger partial charge in [0.05, 0.1) is 24.2 Å². The summed E-state index contributed by atoms with van der Waals surface area (Å²) in [7, 11) is 1.21. The Morgan fingerprint density at radius 3 is 2.65 bits per heavy atom. The first-order chi connectivity index (χ1) is 14.8. The molecule has 10 heteroatoms. The first-order valence-electron chi connectivity index (χ1n) is 9.20. The lowest BCUT2D eigenvalue weighted by Gasteiger charge is -2.32. The summed E-state index contributed by atoms with van der Waals surface area (Å²) in [6.07, 6.45) is 2.55. The van der Waals surface area contributed by atoms with Gasteiger partial charge in [0.15, 0.2) is 5.54 Å². The number of carbonyl (C=O) groups excluding carboxylic acids is 2. The number of fused-ring (bicyclic) bond motifs is 1. The molecule has 1 aliphatic rings. The van der Waals surface area contributed by atoms with Crippen LogP contribution in [-0.4, -0.2) is 30.6 Å². The summed E-state index contributed by atoms with van der Waals surface area (Å²) in [5, 5.41) is 15.4. The second-order valence-corrected chi connectivity index (χ2v) is 7.48. The Morgan fingerprint density at radius 1 is 1.29 bits per heavy atom. The van der Waals surface area contributed by atoms with Crippen molar-refractivity contribution in [2.45, 2.75) is 18.4 Å². The normalized spacial score (nSPS) is 19.5. The molecule has 1 N–H and O–H groups in total. The molecule has 1 aliphatic heterocycles. The SMILES string of the molecule is CCOC(=O)C1(c2ccccc2[N+](=O)[O-])Nc2cc(Cl)cc(Cl)c2C1C=CC(=O)OC. The Hall–Kier alpha value is -3.10. The molecule has 0 bridgehead atoms. The van der Waals surface area contributed by atoms with Crippen LogP contribution in [0.3, 0.4) is 0 Å². The maximum atomic E-state index is 13.4. The molecular formula is C21H18Cl2N2O6. The van der Waals surface area contributed by atoms with Crippen LogP contribution in [-0.2, 0) is 24.6 Å². The quantitative estimate of drug-likeness (QED) is 0.288. The van der Waals surface area contributed by atoms with Gasteiger partial charge in [-0.25, -0.2) is 9.59 Å². The molecule has 0 aromatic heterocycles. The Balaban J connectivity index is 2.37. The standard InChI is InChI=1S/C21H18Cl2N2O6/c1-3-31-20(27)21(13-6-4-5-7-17(13)25(28)29)14(8-9-18(26)30-2)19-15(23)10-12(22)11-16(19)24-21/h4-11,14,24H,3H2,1-2H3. The van der Waals surface area contributed by atoms with Crippen molar-refractivity contribution in [3.63, 3.8) is 0 Å². The van der Waals surface area contributed by atoms with Gasteiger partial charge in [0.2, 0.25) is 0 Å². The fourth-order valence-electron chi connectivity index (χ4n) is 3.73. The summed E-state index contributed by atoms with van der Waals surface area (Å²) < 4.78 is 10.00. The molecule has 1 heterocycles. The molecule has 0 spiro atoms. The summed E-state index contributed by atoms with van der Waals surface area (Å²) in [6, 6.07) is 8.86. The average molecular weight is 465 g/mol. The van der Waals surface area contributed by atoms with Crippen molar-refractivity contribution in [2.24, 2.45) is 0 Å². The van der Waals surface area contributed by atoms with Gasteiger partial charge >= 0.3 is 11.9 Å². The molecule has 162 valence electrons. The number of rotatable bonds is 6. The summed E-state index contributed by atoms with van der Waals surface area (Å²) in [6.45, 7) is 1.65. The topological polar surface area (TPSA) is 108 Å². The van der Waals surface area contributed by atoms with Gasteiger partial charge in [0, 0.05) is 39.4 Å². The Bertz CT molecular complexity index is 1090. The summed E-state index contributed by atoms with van der Waals surface area (Å²) in [4.78, 5) is 36.4. The number of nitro benzene ring substituents is 1. The number of methoxy groups -OCH3 is 1. The highest BCUT2D eigenvalue weighted by Crippen LogP contribution is 2.54. The van der Waals surface area contributed by atoms with Crippen LogP contribution < -0.4 is 5.32 Å². The molecule has 31 heavy (non-hydrogen) atoms. The molecule has 2 unspecified atom stereocenters. The average Bonchev–Trinajstić information content (AvgIpc) is 3.07. The van der Waals surface area contributed by atoms with E-state index in [2.05, 4.69) is 10.1 Å². The van der Waals surface area contributed by atoms with Crippen molar-refractivity contribution in [3.8, 4) is 0 Å². The number of ether oxygens (including phenoxy) is 2. The number of carbonyl (C=O) groups is 2. The van der Waals surface area contributed by atoms with E-state index in [9.17, 15) is 19.7 Å². The van der Waals surface area contributed by atoms with Crippen molar-refractivity contribution in [1.82, 2.24) is 0 Å². The highest BCUT2D eigenvalue weighted by Gasteiger charge is 2.56. The van der Waals surface area contributed by atoms with E-state index in [0.717, 1.165) is 6.08 Å². The minimum Gasteiger partial charge on any atom is -0.466 e. The minimum atomic E-state index is -1.78. The summed E-state index contributed by atoms with van der Waals surface area (Å²) in [5.41, 5.74) is -1.18. The van der Waals surface area contributed by atoms with Crippen molar-refractivity contribution in [1.29, 1.82) is 0 Å². The van der Waals surface area contributed by atoms with E-state index in [-0.39, 0.29) is 22.9 Å². The molecule has 0 radical (unpaired) electrons. The molecular weight excluding hydrogens is 447 g/mol. The van der Waals surface area contributed by atoms with Crippen molar-refractivity contribution >= 4 is 46.5 Å². The molecule has 0 amide bonds. The molecule has 2 atom stereocenters. The summed E-state index contributed by atoms with van der Waals surface area (Å²) >= 11 is 12.6. The predicted molar refractivity (Wildman–Crippen MR) is 115 cm³/mol.